The summed E-state index contributed by atoms with van der Waals surface area (Å²) in [5, 5.41) is 1.95. The fourth-order valence-corrected chi connectivity index (χ4v) is 2.77. The van der Waals surface area contributed by atoms with Gasteiger partial charge in [0.25, 0.3) is 0 Å². The van der Waals surface area contributed by atoms with E-state index in [0.717, 1.165) is 33.5 Å². The maximum Gasteiger partial charge on any atom is 0.155 e. The fourth-order valence-electron chi connectivity index (χ4n) is 2.77. The Morgan fingerprint density at radius 3 is 2.52 bits per heavy atom. The molecule has 0 amide bonds. The number of ether oxygens (including phenoxy) is 2. The van der Waals surface area contributed by atoms with E-state index < -0.39 is 0 Å². The molecule has 0 saturated heterocycles. The summed E-state index contributed by atoms with van der Waals surface area (Å²) in [5.74, 6) is 2.36. The van der Waals surface area contributed by atoms with Crippen molar-refractivity contribution in [3.8, 4) is 22.8 Å². The molecule has 2 aromatic carbocycles. The Labute approximate surface area is 158 Å². The van der Waals surface area contributed by atoms with Gasteiger partial charge in [-0.15, -0.1) is 0 Å². The van der Waals surface area contributed by atoms with Crippen molar-refractivity contribution in [3.05, 3.63) is 60.8 Å². The van der Waals surface area contributed by atoms with E-state index in [-0.39, 0.29) is 5.84 Å². The molecule has 1 aromatic heterocycles. The van der Waals surface area contributed by atoms with Gasteiger partial charge in [-0.2, -0.15) is 0 Å². The minimum atomic E-state index is 0.282. The molecule has 4 N–H and O–H groups in total. The molecule has 0 aliphatic rings. The summed E-state index contributed by atoms with van der Waals surface area (Å²) in [7, 11) is 1.64. The molecule has 27 heavy (non-hydrogen) atoms. The lowest BCUT2D eigenvalue weighted by Crippen LogP contribution is -2.07. The number of methoxy groups -OCH3 is 1. The van der Waals surface area contributed by atoms with Gasteiger partial charge in [0.05, 0.1) is 19.4 Å². The van der Waals surface area contributed by atoms with E-state index >= 15 is 0 Å². The summed E-state index contributed by atoms with van der Waals surface area (Å²) < 4.78 is 10.9. The summed E-state index contributed by atoms with van der Waals surface area (Å²) in [6, 6.07) is 15.5. The molecule has 6 nitrogen and oxygen atoms in total. The van der Waals surface area contributed by atoms with Gasteiger partial charge in [-0.1, -0.05) is 0 Å². The van der Waals surface area contributed by atoms with E-state index in [1.54, 1.807) is 7.11 Å². The molecule has 3 aromatic rings. The molecule has 0 fully saturated rings. The summed E-state index contributed by atoms with van der Waals surface area (Å²) in [5.41, 5.74) is 13.0. The Bertz CT molecular complexity index is 995. The second-order valence-corrected chi connectivity index (χ2v) is 5.77. The minimum Gasteiger partial charge on any atom is -0.497 e. The molecule has 0 bridgehead atoms. The number of aromatic nitrogens is 1. The number of pyridine rings is 1. The fraction of sp³-hybridized carbons (Fsp3) is 0.143. The third kappa shape index (κ3) is 4.17. The smallest absolute Gasteiger partial charge is 0.155 e. The van der Waals surface area contributed by atoms with Gasteiger partial charge in [-0.25, -0.2) is 9.98 Å². The Hall–Kier alpha value is -3.54. The van der Waals surface area contributed by atoms with Gasteiger partial charge in [0, 0.05) is 10.9 Å². The lowest BCUT2D eigenvalue weighted by atomic mass is 10.0. The van der Waals surface area contributed by atoms with E-state index in [2.05, 4.69) is 4.99 Å². The average molecular weight is 362 g/mol. The molecule has 0 unspecified atom stereocenters. The number of nitrogens with zero attached hydrogens (tertiary/aromatic N) is 2. The highest BCUT2D eigenvalue weighted by Crippen LogP contribution is 2.33. The molecule has 0 aliphatic carbocycles. The van der Waals surface area contributed by atoms with Gasteiger partial charge in [0.2, 0.25) is 0 Å². The predicted molar refractivity (Wildman–Crippen MR) is 110 cm³/mol. The van der Waals surface area contributed by atoms with Crippen LogP contribution in [0.1, 0.15) is 6.92 Å². The van der Waals surface area contributed by atoms with Crippen molar-refractivity contribution >= 4 is 22.4 Å². The van der Waals surface area contributed by atoms with Gasteiger partial charge in [-0.3, -0.25) is 0 Å². The highest BCUT2D eigenvalue weighted by atomic mass is 16.5. The Morgan fingerprint density at radius 2 is 1.85 bits per heavy atom. The highest BCUT2D eigenvalue weighted by Gasteiger charge is 2.10. The minimum absolute atomic E-state index is 0.282. The largest absolute Gasteiger partial charge is 0.497 e. The number of amidine groups is 1. The standard InChI is InChI=1S/C21H22N4O2/c1-3-27-16-6-4-14(5-7-16)21-18-9-8-17(26-2)12-15(18)13-20(25-21)24-19(23)10-11-22/h4-13H,3,22H2,1-2H3,(H2,23,24,25)/b11-10-. The van der Waals surface area contributed by atoms with Crippen molar-refractivity contribution in [2.75, 3.05) is 13.7 Å². The lowest BCUT2D eigenvalue weighted by Gasteiger charge is -2.10. The Morgan fingerprint density at radius 1 is 1.11 bits per heavy atom. The zero-order valence-corrected chi connectivity index (χ0v) is 15.3. The van der Waals surface area contributed by atoms with Crippen LogP contribution in [0.4, 0.5) is 5.82 Å². The monoisotopic (exact) mass is 362 g/mol. The van der Waals surface area contributed by atoms with Gasteiger partial charge < -0.3 is 20.9 Å². The molecule has 0 aliphatic heterocycles. The van der Waals surface area contributed by atoms with E-state index in [1.165, 1.54) is 12.3 Å². The summed E-state index contributed by atoms with van der Waals surface area (Å²) in [6.45, 7) is 2.58. The highest BCUT2D eigenvalue weighted by molar-refractivity contribution is 5.98. The summed E-state index contributed by atoms with van der Waals surface area (Å²) in [6.07, 6.45) is 2.87. The molecule has 6 heteroatoms. The molecule has 1 heterocycles. The van der Waals surface area contributed by atoms with Crippen LogP contribution in [0.15, 0.2) is 65.8 Å². The van der Waals surface area contributed by atoms with E-state index in [0.29, 0.717) is 12.4 Å². The van der Waals surface area contributed by atoms with Crippen LogP contribution < -0.4 is 20.9 Å². The number of rotatable bonds is 6. The molecule has 0 atom stereocenters. The van der Waals surface area contributed by atoms with Crippen LogP contribution in [-0.4, -0.2) is 24.5 Å². The lowest BCUT2D eigenvalue weighted by molar-refractivity contribution is 0.340. The Balaban J connectivity index is 2.17. The number of aliphatic imine (C=N–C) groups is 1. The maximum absolute atomic E-state index is 5.86. The average Bonchev–Trinajstić information content (AvgIpc) is 2.68. The number of fused-ring (bicyclic) bond motifs is 1. The number of hydrogen-bond acceptors (Lipinski definition) is 5. The summed E-state index contributed by atoms with van der Waals surface area (Å²) in [4.78, 5) is 9.04. The van der Waals surface area contributed by atoms with E-state index in [1.807, 2.05) is 55.5 Å². The van der Waals surface area contributed by atoms with Crippen molar-refractivity contribution in [2.24, 2.45) is 16.5 Å². The predicted octanol–water partition coefficient (Wildman–Crippen LogP) is 3.77. The van der Waals surface area contributed by atoms with E-state index in [4.69, 9.17) is 25.9 Å². The van der Waals surface area contributed by atoms with Crippen molar-refractivity contribution in [3.63, 3.8) is 0 Å². The normalized spacial score (nSPS) is 11.9. The van der Waals surface area contributed by atoms with Crippen LogP contribution in [-0.2, 0) is 0 Å². The number of benzene rings is 2. The van der Waals surface area contributed by atoms with Crippen LogP contribution >= 0.6 is 0 Å². The first kappa shape index (κ1) is 18.3. The van der Waals surface area contributed by atoms with Crippen molar-refractivity contribution in [1.29, 1.82) is 0 Å². The molecule has 0 saturated carbocycles. The molecule has 3 rings (SSSR count). The topological polar surface area (TPSA) is 95.8 Å². The maximum atomic E-state index is 5.86. The second-order valence-electron chi connectivity index (χ2n) is 5.77. The SMILES string of the molecule is CCOc1ccc(-c2nc(N=C(N)/C=C\N)cc3cc(OC)ccc23)cc1. The molecule has 138 valence electrons. The first-order valence-corrected chi connectivity index (χ1v) is 8.59. The van der Waals surface area contributed by atoms with Gasteiger partial charge in [0.15, 0.2) is 5.82 Å². The number of hydrogen-bond donors (Lipinski definition) is 2. The third-order valence-corrected chi connectivity index (χ3v) is 3.97. The van der Waals surface area contributed by atoms with Crippen molar-refractivity contribution < 1.29 is 9.47 Å². The molecular weight excluding hydrogens is 340 g/mol. The summed E-state index contributed by atoms with van der Waals surface area (Å²) >= 11 is 0. The second kappa shape index (κ2) is 8.23. The van der Waals surface area contributed by atoms with Gasteiger partial charge >= 0.3 is 0 Å². The van der Waals surface area contributed by atoms with Crippen LogP contribution in [0.3, 0.4) is 0 Å². The van der Waals surface area contributed by atoms with Crippen molar-refractivity contribution in [1.82, 2.24) is 4.98 Å². The Kier molecular flexibility index (Phi) is 5.56. The molecule has 0 spiro atoms. The zero-order valence-electron chi connectivity index (χ0n) is 15.3. The first-order chi connectivity index (χ1) is 13.1. The van der Waals surface area contributed by atoms with Crippen LogP contribution in [0.2, 0.25) is 0 Å². The van der Waals surface area contributed by atoms with E-state index in [9.17, 15) is 0 Å². The van der Waals surface area contributed by atoms with Crippen molar-refractivity contribution in [2.45, 2.75) is 6.92 Å². The first-order valence-electron chi connectivity index (χ1n) is 8.59. The molecule has 0 radical (unpaired) electrons. The third-order valence-electron chi connectivity index (χ3n) is 3.97. The number of nitrogens with two attached hydrogens (primary N) is 2. The van der Waals surface area contributed by atoms with Crippen LogP contribution in [0.5, 0.6) is 11.5 Å². The van der Waals surface area contributed by atoms with Gasteiger partial charge in [-0.05, 0) is 73.1 Å². The zero-order chi connectivity index (χ0) is 19.2. The van der Waals surface area contributed by atoms with Crippen LogP contribution in [0, 0.1) is 0 Å². The molecular formula is C21H22N4O2. The van der Waals surface area contributed by atoms with Crippen LogP contribution in [0.25, 0.3) is 22.0 Å². The van der Waals surface area contributed by atoms with Gasteiger partial charge in [0.1, 0.15) is 17.3 Å². The quantitative estimate of drug-likeness (QED) is 0.514.